The lowest BCUT2D eigenvalue weighted by Crippen LogP contribution is -2.23. The summed E-state index contributed by atoms with van der Waals surface area (Å²) in [5, 5.41) is 4.10. The fourth-order valence-electron chi connectivity index (χ4n) is 3.15. The highest BCUT2D eigenvalue weighted by atomic mass is 16.5. The minimum absolute atomic E-state index is 0.108. The summed E-state index contributed by atoms with van der Waals surface area (Å²) in [4.78, 5) is 4.52. The van der Waals surface area contributed by atoms with Crippen molar-refractivity contribution >= 4 is 0 Å². The molecule has 21 heavy (non-hydrogen) atoms. The minimum Gasteiger partial charge on any atom is -0.338 e. The SMILES string of the molecule is Cc1ccccc1Cc1noc(C(N)C2CCCCC2)n1. The van der Waals surface area contributed by atoms with Gasteiger partial charge in [0.25, 0.3) is 0 Å². The van der Waals surface area contributed by atoms with Crippen molar-refractivity contribution in [2.45, 2.75) is 51.5 Å². The highest BCUT2D eigenvalue weighted by molar-refractivity contribution is 5.28. The van der Waals surface area contributed by atoms with Crippen LogP contribution in [0.1, 0.15) is 61.0 Å². The Morgan fingerprint density at radius 3 is 2.76 bits per heavy atom. The van der Waals surface area contributed by atoms with Crippen molar-refractivity contribution in [3.8, 4) is 0 Å². The molecule has 1 aromatic heterocycles. The number of nitrogens with zero attached hydrogens (tertiary/aromatic N) is 2. The van der Waals surface area contributed by atoms with Gasteiger partial charge in [-0.05, 0) is 36.8 Å². The Bertz CT molecular complexity index is 587. The second-order valence-corrected chi connectivity index (χ2v) is 6.08. The molecule has 1 fully saturated rings. The van der Waals surface area contributed by atoms with Crippen LogP contribution in [0, 0.1) is 12.8 Å². The smallest absolute Gasteiger partial charge is 0.243 e. The Balaban J connectivity index is 1.69. The molecule has 0 spiro atoms. The van der Waals surface area contributed by atoms with E-state index in [2.05, 4.69) is 29.2 Å². The lowest BCUT2D eigenvalue weighted by atomic mass is 9.84. The topological polar surface area (TPSA) is 64.9 Å². The molecule has 1 aliphatic rings. The molecule has 4 heteroatoms. The van der Waals surface area contributed by atoms with E-state index in [4.69, 9.17) is 10.3 Å². The first-order valence-electron chi connectivity index (χ1n) is 7.86. The standard InChI is InChI=1S/C17H23N3O/c1-12-7-5-6-10-14(12)11-15-19-17(21-20-15)16(18)13-8-3-2-4-9-13/h5-7,10,13,16H,2-4,8-9,11,18H2,1H3. The Morgan fingerprint density at radius 2 is 2.00 bits per heavy atom. The molecule has 1 atom stereocenters. The first-order valence-corrected chi connectivity index (χ1v) is 7.86. The van der Waals surface area contributed by atoms with Gasteiger partial charge < -0.3 is 10.3 Å². The van der Waals surface area contributed by atoms with Crippen LogP contribution < -0.4 is 5.73 Å². The van der Waals surface area contributed by atoms with Crippen molar-refractivity contribution in [2.24, 2.45) is 11.7 Å². The largest absolute Gasteiger partial charge is 0.338 e. The maximum Gasteiger partial charge on any atom is 0.243 e. The van der Waals surface area contributed by atoms with Crippen LogP contribution in [0.2, 0.25) is 0 Å². The third-order valence-corrected chi connectivity index (χ3v) is 4.54. The van der Waals surface area contributed by atoms with Crippen molar-refractivity contribution in [3.63, 3.8) is 0 Å². The van der Waals surface area contributed by atoms with Crippen LogP contribution in [-0.4, -0.2) is 10.1 Å². The number of aromatic nitrogens is 2. The summed E-state index contributed by atoms with van der Waals surface area (Å²) in [6.07, 6.45) is 6.91. The van der Waals surface area contributed by atoms with E-state index >= 15 is 0 Å². The zero-order chi connectivity index (χ0) is 14.7. The van der Waals surface area contributed by atoms with Crippen LogP contribution >= 0.6 is 0 Å². The van der Waals surface area contributed by atoms with Gasteiger partial charge in [0.05, 0.1) is 6.04 Å². The minimum atomic E-state index is -0.108. The molecule has 2 aromatic rings. The van der Waals surface area contributed by atoms with Crippen molar-refractivity contribution in [1.29, 1.82) is 0 Å². The molecule has 1 saturated carbocycles. The summed E-state index contributed by atoms with van der Waals surface area (Å²) >= 11 is 0. The van der Waals surface area contributed by atoms with Crippen LogP contribution in [0.25, 0.3) is 0 Å². The van der Waals surface area contributed by atoms with E-state index in [1.165, 1.54) is 43.2 Å². The monoisotopic (exact) mass is 285 g/mol. The second-order valence-electron chi connectivity index (χ2n) is 6.08. The summed E-state index contributed by atoms with van der Waals surface area (Å²) < 4.78 is 5.41. The van der Waals surface area contributed by atoms with E-state index in [0.29, 0.717) is 18.2 Å². The third kappa shape index (κ3) is 3.32. The Kier molecular flexibility index (Phi) is 4.34. The van der Waals surface area contributed by atoms with Crippen LogP contribution in [0.5, 0.6) is 0 Å². The summed E-state index contributed by atoms with van der Waals surface area (Å²) in [6, 6.07) is 8.18. The van der Waals surface area contributed by atoms with Crippen molar-refractivity contribution in [2.75, 3.05) is 0 Å². The number of aryl methyl sites for hydroxylation is 1. The first-order chi connectivity index (χ1) is 10.2. The van der Waals surface area contributed by atoms with Gasteiger partial charge in [0.1, 0.15) is 0 Å². The summed E-state index contributed by atoms with van der Waals surface area (Å²) in [5.74, 6) is 1.82. The van der Waals surface area contributed by atoms with Gasteiger partial charge in [-0.25, -0.2) is 0 Å². The maximum atomic E-state index is 6.31. The molecule has 0 amide bonds. The van der Waals surface area contributed by atoms with Gasteiger partial charge in [-0.2, -0.15) is 4.98 Å². The predicted molar refractivity (Wildman–Crippen MR) is 81.8 cm³/mol. The van der Waals surface area contributed by atoms with E-state index < -0.39 is 0 Å². The second kappa shape index (κ2) is 6.39. The van der Waals surface area contributed by atoms with Crippen LogP contribution in [-0.2, 0) is 6.42 Å². The molecule has 0 bridgehead atoms. The van der Waals surface area contributed by atoms with Gasteiger partial charge in [0, 0.05) is 6.42 Å². The van der Waals surface area contributed by atoms with Crippen LogP contribution in [0.3, 0.4) is 0 Å². The number of hydrogen-bond acceptors (Lipinski definition) is 4. The predicted octanol–water partition coefficient (Wildman–Crippen LogP) is 3.55. The average molecular weight is 285 g/mol. The molecule has 1 aliphatic carbocycles. The highest BCUT2D eigenvalue weighted by Gasteiger charge is 2.26. The lowest BCUT2D eigenvalue weighted by Gasteiger charge is -2.24. The van der Waals surface area contributed by atoms with E-state index in [9.17, 15) is 0 Å². The van der Waals surface area contributed by atoms with E-state index in [0.717, 1.165) is 5.82 Å². The molecule has 1 heterocycles. The van der Waals surface area contributed by atoms with Crippen molar-refractivity contribution in [1.82, 2.24) is 10.1 Å². The Morgan fingerprint density at radius 1 is 1.24 bits per heavy atom. The average Bonchev–Trinajstić information content (AvgIpc) is 2.98. The number of nitrogens with two attached hydrogens (primary N) is 1. The third-order valence-electron chi connectivity index (χ3n) is 4.54. The molecule has 0 aliphatic heterocycles. The number of hydrogen-bond donors (Lipinski definition) is 1. The van der Waals surface area contributed by atoms with Gasteiger partial charge in [-0.15, -0.1) is 0 Å². The Labute approximate surface area is 125 Å². The molecule has 0 radical (unpaired) electrons. The summed E-state index contributed by atoms with van der Waals surface area (Å²) in [5.41, 5.74) is 8.79. The zero-order valence-corrected chi connectivity index (χ0v) is 12.6. The zero-order valence-electron chi connectivity index (χ0n) is 12.6. The van der Waals surface area contributed by atoms with Gasteiger partial charge in [-0.1, -0.05) is 48.7 Å². The summed E-state index contributed by atoms with van der Waals surface area (Å²) in [7, 11) is 0. The molecule has 3 rings (SSSR count). The first kappa shape index (κ1) is 14.3. The molecule has 0 saturated heterocycles. The maximum absolute atomic E-state index is 6.31. The van der Waals surface area contributed by atoms with E-state index in [-0.39, 0.29) is 6.04 Å². The molecule has 2 N–H and O–H groups in total. The van der Waals surface area contributed by atoms with Crippen molar-refractivity contribution < 1.29 is 4.52 Å². The Hall–Kier alpha value is -1.68. The van der Waals surface area contributed by atoms with Gasteiger partial charge in [0.2, 0.25) is 5.89 Å². The quantitative estimate of drug-likeness (QED) is 0.933. The molecular weight excluding hydrogens is 262 g/mol. The van der Waals surface area contributed by atoms with Crippen LogP contribution in [0.4, 0.5) is 0 Å². The number of rotatable bonds is 4. The summed E-state index contributed by atoms with van der Waals surface area (Å²) in [6.45, 7) is 2.10. The number of benzene rings is 1. The molecular formula is C17H23N3O. The van der Waals surface area contributed by atoms with E-state index in [1.807, 2.05) is 12.1 Å². The fourth-order valence-corrected chi connectivity index (χ4v) is 3.15. The normalized spacial score (nSPS) is 17.8. The molecule has 112 valence electrons. The van der Waals surface area contributed by atoms with Gasteiger partial charge >= 0.3 is 0 Å². The fraction of sp³-hybridized carbons (Fsp3) is 0.529. The lowest BCUT2D eigenvalue weighted by molar-refractivity contribution is 0.255. The molecule has 1 aromatic carbocycles. The van der Waals surface area contributed by atoms with Gasteiger partial charge in [0.15, 0.2) is 5.82 Å². The highest BCUT2D eigenvalue weighted by Crippen LogP contribution is 2.32. The van der Waals surface area contributed by atoms with Crippen molar-refractivity contribution in [3.05, 3.63) is 47.1 Å². The van der Waals surface area contributed by atoms with Crippen LogP contribution in [0.15, 0.2) is 28.8 Å². The van der Waals surface area contributed by atoms with Gasteiger partial charge in [-0.3, -0.25) is 0 Å². The molecule has 1 unspecified atom stereocenters. The molecule has 4 nitrogen and oxygen atoms in total. The van der Waals surface area contributed by atoms with E-state index in [1.54, 1.807) is 0 Å².